The van der Waals surface area contributed by atoms with Gasteiger partial charge in [-0.2, -0.15) is 15.2 Å². The van der Waals surface area contributed by atoms with E-state index in [1.165, 1.54) is 16.5 Å². The smallest absolute Gasteiger partial charge is 0.318 e. The first-order valence-electron chi connectivity index (χ1n) is 21.8. The van der Waals surface area contributed by atoms with Crippen LogP contribution in [-0.4, -0.2) is 102 Å². The Morgan fingerprint density at radius 2 is 1.43 bits per heavy atom. The zero-order chi connectivity index (χ0) is 41.3. The van der Waals surface area contributed by atoms with Gasteiger partial charge in [-0.3, -0.25) is 9.69 Å². The molecule has 6 aromatic rings. The minimum absolute atomic E-state index is 0.0761. The molecule has 0 saturated carbocycles. The van der Waals surface area contributed by atoms with Crippen molar-refractivity contribution < 1.29 is 9.53 Å². The minimum Gasteiger partial charge on any atom is -0.462 e. The van der Waals surface area contributed by atoms with Gasteiger partial charge in [-0.25, -0.2) is 0 Å². The van der Waals surface area contributed by atoms with Gasteiger partial charge in [0, 0.05) is 55.4 Å². The van der Waals surface area contributed by atoms with E-state index in [0.29, 0.717) is 51.4 Å². The number of carbonyl (C=O) groups is 1. The molecule has 4 aliphatic heterocycles. The summed E-state index contributed by atoms with van der Waals surface area (Å²) in [6.45, 7) is 5.29. The van der Waals surface area contributed by atoms with E-state index in [9.17, 15) is 10.1 Å². The molecule has 0 aliphatic carbocycles. The fourth-order valence-electron chi connectivity index (χ4n) is 10.3. The number of nitrogens with zero attached hydrogens (tertiary/aromatic N) is 8. The largest absolute Gasteiger partial charge is 0.462 e. The maximum absolute atomic E-state index is 14.9. The maximum Gasteiger partial charge on any atom is 0.318 e. The molecule has 10 nitrogen and oxygen atoms in total. The van der Waals surface area contributed by atoms with Crippen LogP contribution in [0, 0.1) is 11.3 Å². The van der Waals surface area contributed by atoms with E-state index in [1.807, 2.05) is 23.1 Å². The molecule has 0 bridgehead atoms. The molecular weight excluding hydrogens is 757 g/mol. The second-order valence-corrected chi connectivity index (χ2v) is 17.0. The van der Waals surface area contributed by atoms with Crippen LogP contribution in [0.3, 0.4) is 0 Å². The Morgan fingerprint density at radius 3 is 2.10 bits per heavy atom. The van der Waals surface area contributed by atoms with Gasteiger partial charge in [-0.15, -0.1) is 0 Å². The van der Waals surface area contributed by atoms with Gasteiger partial charge in [0.25, 0.3) is 0 Å². The lowest BCUT2D eigenvalue weighted by Crippen LogP contribution is -2.57. The number of likely N-dealkylation sites (tertiary alicyclic amines) is 1. The summed E-state index contributed by atoms with van der Waals surface area (Å²) in [5.74, 6) is 0.948. The SMILES string of the molecule is CN1CCC[C@H]1COc1nc2c(c(N3CCN(C(=O)C4CN4C(c4ccccc4)(c4ccccc4)c4ccccc4)[C@@H](CC#N)C3)n1)CCN(c1cccc3ccccc13)C2. The number of hydrogen-bond donors (Lipinski definition) is 0. The number of aromatic nitrogens is 2. The van der Waals surface area contributed by atoms with Crippen molar-refractivity contribution in [3.63, 3.8) is 0 Å². The Kier molecular flexibility index (Phi) is 10.6. The van der Waals surface area contributed by atoms with Gasteiger partial charge in [0.05, 0.1) is 36.3 Å². The van der Waals surface area contributed by atoms with Crippen LogP contribution < -0.4 is 14.5 Å². The first-order valence-corrected chi connectivity index (χ1v) is 21.8. The van der Waals surface area contributed by atoms with E-state index < -0.39 is 5.54 Å². The lowest BCUT2D eigenvalue weighted by atomic mass is 9.76. The number of fused-ring (bicyclic) bond motifs is 2. The lowest BCUT2D eigenvalue weighted by Gasteiger charge is -2.43. The van der Waals surface area contributed by atoms with E-state index in [0.717, 1.165) is 66.1 Å². The summed E-state index contributed by atoms with van der Waals surface area (Å²) in [6, 6.07) is 49.2. The van der Waals surface area contributed by atoms with E-state index in [2.05, 4.69) is 148 Å². The van der Waals surface area contributed by atoms with Gasteiger partial charge in [0.2, 0.25) is 5.91 Å². The minimum atomic E-state index is -0.666. The van der Waals surface area contributed by atoms with Crippen molar-refractivity contribution in [1.29, 1.82) is 5.26 Å². The molecule has 5 aromatic carbocycles. The van der Waals surface area contributed by atoms with Crippen LogP contribution in [0.25, 0.3) is 10.8 Å². The molecule has 10 heteroatoms. The number of likely N-dealkylation sites (N-methyl/N-ethyl adjacent to an activating group) is 1. The Bertz CT molecular complexity index is 2450. The highest BCUT2D eigenvalue weighted by molar-refractivity contribution is 5.94. The fraction of sp³-hybridized carbons (Fsp3) is 0.333. The van der Waals surface area contributed by atoms with Crippen molar-refractivity contribution in [3.05, 3.63) is 161 Å². The zero-order valence-corrected chi connectivity index (χ0v) is 34.8. The summed E-state index contributed by atoms with van der Waals surface area (Å²) >= 11 is 0. The predicted molar refractivity (Wildman–Crippen MR) is 240 cm³/mol. The van der Waals surface area contributed by atoms with Crippen molar-refractivity contribution in [2.24, 2.45) is 0 Å². The average Bonchev–Trinajstić information content (AvgIpc) is 4.01. The van der Waals surface area contributed by atoms with Crippen LogP contribution >= 0.6 is 0 Å². The molecule has 5 heterocycles. The summed E-state index contributed by atoms with van der Waals surface area (Å²) in [5.41, 5.74) is 5.99. The molecule has 2 unspecified atom stereocenters. The van der Waals surface area contributed by atoms with Crippen molar-refractivity contribution >= 4 is 28.2 Å². The summed E-state index contributed by atoms with van der Waals surface area (Å²) < 4.78 is 6.46. The van der Waals surface area contributed by atoms with Crippen LogP contribution in [0.4, 0.5) is 11.5 Å². The highest BCUT2D eigenvalue weighted by Crippen LogP contribution is 2.49. The Labute approximate surface area is 358 Å². The summed E-state index contributed by atoms with van der Waals surface area (Å²) in [7, 11) is 2.16. The molecule has 1 amide bonds. The molecule has 61 heavy (non-hydrogen) atoms. The molecule has 3 fully saturated rings. The van der Waals surface area contributed by atoms with E-state index in [-0.39, 0.29) is 24.4 Å². The summed E-state index contributed by atoms with van der Waals surface area (Å²) in [6.07, 6.45) is 3.26. The van der Waals surface area contributed by atoms with Crippen LogP contribution in [0.2, 0.25) is 0 Å². The number of hydrogen-bond acceptors (Lipinski definition) is 9. The number of nitriles is 1. The third-order valence-electron chi connectivity index (χ3n) is 13.5. The van der Waals surface area contributed by atoms with Crippen LogP contribution in [0.5, 0.6) is 6.01 Å². The van der Waals surface area contributed by atoms with Crippen molar-refractivity contribution in [1.82, 2.24) is 24.7 Å². The third-order valence-corrected chi connectivity index (χ3v) is 13.5. The Balaban J connectivity index is 0.947. The molecule has 1 aromatic heterocycles. The Hall–Kier alpha value is -6.28. The number of anilines is 2. The van der Waals surface area contributed by atoms with Gasteiger partial charge in [0.15, 0.2) is 0 Å². The standard InChI is InChI=1S/C51H52N8O2/c1-55-29-14-23-42(55)36-61-50-53-45-34-56(46-25-13-16-37-15-11-12-24-43(37)46)30-27-44(45)48(54-50)57-31-32-58(41(33-57)26-28-52)49(60)47-35-59(47)51(38-17-5-2-6-18-38,39-19-7-3-8-20-39)40-21-9-4-10-22-40/h2-13,15-22,24-25,41-42,47H,14,23,26-27,29-36H2,1H3/t41-,42-,47?,59?/m0/s1. The first kappa shape index (κ1) is 38.9. The molecule has 3 saturated heterocycles. The number of carbonyl (C=O) groups excluding carboxylic acids is 1. The molecule has 0 spiro atoms. The highest BCUT2D eigenvalue weighted by atomic mass is 16.5. The summed E-state index contributed by atoms with van der Waals surface area (Å²) in [4.78, 5) is 36.6. The fourth-order valence-corrected chi connectivity index (χ4v) is 10.3. The average molecular weight is 809 g/mol. The number of piperazine rings is 1. The predicted octanol–water partition coefficient (Wildman–Crippen LogP) is 7.27. The zero-order valence-electron chi connectivity index (χ0n) is 34.8. The first-order chi connectivity index (χ1) is 30.0. The lowest BCUT2D eigenvalue weighted by molar-refractivity contribution is -0.134. The van der Waals surface area contributed by atoms with Crippen LogP contribution in [-0.2, 0) is 23.3 Å². The molecule has 0 radical (unpaired) electrons. The van der Waals surface area contributed by atoms with E-state index in [1.54, 1.807) is 0 Å². The van der Waals surface area contributed by atoms with Crippen molar-refractivity contribution in [2.75, 3.05) is 62.7 Å². The van der Waals surface area contributed by atoms with E-state index >= 15 is 0 Å². The van der Waals surface area contributed by atoms with E-state index in [4.69, 9.17) is 14.7 Å². The molecule has 4 atom stereocenters. The molecule has 308 valence electrons. The molecular formula is C51H52N8O2. The van der Waals surface area contributed by atoms with Gasteiger partial charge >= 0.3 is 6.01 Å². The molecule has 4 aliphatic rings. The Morgan fingerprint density at radius 1 is 0.754 bits per heavy atom. The van der Waals surface area contributed by atoms with Gasteiger partial charge in [0.1, 0.15) is 18.5 Å². The highest BCUT2D eigenvalue weighted by Gasteiger charge is 2.57. The monoisotopic (exact) mass is 808 g/mol. The number of ether oxygens (including phenoxy) is 1. The number of benzene rings is 5. The van der Waals surface area contributed by atoms with Crippen molar-refractivity contribution in [2.45, 2.75) is 55.9 Å². The topological polar surface area (TPSA) is 91.8 Å². The number of rotatable bonds is 11. The van der Waals surface area contributed by atoms with Gasteiger partial charge in [-0.05, 0) is 61.0 Å². The van der Waals surface area contributed by atoms with Gasteiger partial charge in [-0.1, -0.05) is 127 Å². The van der Waals surface area contributed by atoms with Crippen LogP contribution in [0.1, 0.15) is 47.2 Å². The molecule has 10 rings (SSSR count). The quantitative estimate of drug-likeness (QED) is 0.0991. The van der Waals surface area contributed by atoms with Crippen LogP contribution in [0.15, 0.2) is 133 Å². The normalized spacial score (nSPS) is 21.5. The maximum atomic E-state index is 14.9. The second-order valence-electron chi connectivity index (χ2n) is 17.0. The summed E-state index contributed by atoms with van der Waals surface area (Å²) in [5, 5.41) is 12.7. The number of amides is 1. The second kappa shape index (κ2) is 16.6. The molecule has 0 N–H and O–H groups in total. The van der Waals surface area contributed by atoms with Gasteiger partial charge < -0.3 is 24.3 Å². The van der Waals surface area contributed by atoms with Crippen molar-refractivity contribution in [3.8, 4) is 12.1 Å². The third kappa shape index (κ3) is 7.26.